The molecule has 0 aromatic heterocycles. The van der Waals surface area contributed by atoms with Gasteiger partial charge < -0.3 is 20.5 Å². The minimum absolute atomic E-state index is 0.0216. The van der Waals surface area contributed by atoms with E-state index in [0.717, 1.165) is 11.3 Å². The van der Waals surface area contributed by atoms with Crippen molar-refractivity contribution < 1.29 is 14.3 Å². The van der Waals surface area contributed by atoms with Crippen LogP contribution < -0.4 is 15.8 Å². The first-order valence-corrected chi connectivity index (χ1v) is 6.25. The van der Waals surface area contributed by atoms with Gasteiger partial charge in [0.15, 0.2) is 0 Å². The Morgan fingerprint density at radius 1 is 1.37 bits per heavy atom. The van der Waals surface area contributed by atoms with Gasteiger partial charge in [-0.05, 0) is 25.0 Å². The fourth-order valence-corrected chi connectivity index (χ4v) is 1.86. The molecule has 1 aromatic rings. The molecule has 0 bridgehead atoms. The Bertz CT molecular complexity index is 409. The predicted octanol–water partition coefficient (Wildman–Crippen LogP) is 0.716. The molecule has 106 valence electrons. The maximum atomic E-state index is 11.7. The zero-order valence-corrected chi connectivity index (χ0v) is 11.7. The fourth-order valence-electron chi connectivity index (χ4n) is 1.86. The van der Waals surface area contributed by atoms with Gasteiger partial charge in [-0.25, -0.2) is 0 Å². The number of methoxy groups -OCH3 is 2. The van der Waals surface area contributed by atoms with E-state index in [1.807, 2.05) is 31.2 Å². The van der Waals surface area contributed by atoms with E-state index in [1.165, 1.54) is 7.11 Å². The van der Waals surface area contributed by atoms with Gasteiger partial charge in [-0.15, -0.1) is 0 Å². The number of nitrogens with two attached hydrogens (primary N) is 1. The topological polar surface area (TPSA) is 73.6 Å². The lowest BCUT2D eigenvalue weighted by atomic mass is 10.1. The summed E-state index contributed by atoms with van der Waals surface area (Å²) in [6.45, 7) is 2.15. The molecule has 0 spiro atoms. The van der Waals surface area contributed by atoms with Gasteiger partial charge in [0.1, 0.15) is 11.8 Å². The number of hydrogen-bond acceptors (Lipinski definition) is 4. The van der Waals surface area contributed by atoms with E-state index >= 15 is 0 Å². The number of nitrogens with one attached hydrogen (secondary N) is 1. The van der Waals surface area contributed by atoms with Crippen molar-refractivity contribution in [3.63, 3.8) is 0 Å². The standard InChI is InChI=1S/C14H22N2O3/c1-10(16-14(17)12(15)9-18-2)8-11-6-4-5-7-13(11)19-3/h4-7,10,12H,8-9,15H2,1-3H3,(H,16,17). The van der Waals surface area contributed by atoms with Crippen LogP contribution in [0.15, 0.2) is 24.3 Å². The van der Waals surface area contributed by atoms with Gasteiger partial charge in [0.05, 0.1) is 13.7 Å². The van der Waals surface area contributed by atoms with Crippen LogP contribution in [-0.2, 0) is 16.0 Å². The number of carbonyl (C=O) groups is 1. The summed E-state index contributed by atoms with van der Waals surface area (Å²) in [7, 11) is 3.15. The summed E-state index contributed by atoms with van der Waals surface area (Å²) in [5.74, 6) is 0.619. The summed E-state index contributed by atoms with van der Waals surface area (Å²) in [5, 5.41) is 2.86. The highest BCUT2D eigenvalue weighted by atomic mass is 16.5. The molecular formula is C14H22N2O3. The molecule has 19 heavy (non-hydrogen) atoms. The van der Waals surface area contributed by atoms with Crippen LogP contribution in [0.1, 0.15) is 12.5 Å². The van der Waals surface area contributed by atoms with Crippen molar-refractivity contribution in [1.82, 2.24) is 5.32 Å². The monoisotopic (exact) mass is 266 g/mol. The summed E-state index contributed by atoms with van der Waals surface area (Å²) in [6.07, 6.45) is 0.690. The molecule has 5 nitrogen and oxygen atoms in total. The Balaban J connectivity index is 2.55. The van der Waals surface area contributed by atoms with E-state index in [0.29, 0.717) is 6.42 Å². The van der Waals surface area contributed by atoms with Crippen molar-refractivity contribution in [2.75, 3.05) is 20.8 Å². The summed E-state index contributed by atoms with van der Waals surface area (Å²) in [5.41, 5.74) is 6.72. The molecule has 3 N–H and O–H groups in total. The van der Waals surface area contributed by atoms with E-state index < -0.39 is 6.04 Å². The first-order valence-electron chi connectivity index (χ1n) is 6.25. The van der Waals surface area contributed by atoms with Crippen molar-refractivity contribution in [3.8, 4) is 5.75 Å². The highest BCUT2D eigenvalue weighted by Crippen LogP contribution is 2.18. The second-order valence-electron chi connectivity index (χ2n) is 4.49. The average Bonchev–Trinajstić information content (AvgIpc) is 2.39. The molecule has 1 aromatic carbocycles. The normalized spacial score (nSPS) is 13.7. The summed E-state index contributed by atoms with van der Waals surface area (Å²) < 4.78 is 10.1. The second-order valence-corrected chi connectivity index (χ2v) is 4.49. The molecule has 0 aliphatic carbocycles. The molecular weight excluding hydrogens is 244 g/mol. The Labute approximate surface area is 114 Å². The van der Waals surface area contributed by atoms with E-state index in [1.54, 1.807) is 7.11 Å². The van der Waals surface area contributed by atoms with Crippen LogP contribution in [0.3, 0.4) is 0 Å². The first kappa shape index (κ1) is 15.5. The van der Waals surface area contributed by atoms with Crippen molar-refractivity contribution in [2.24, 2.45) is 5.73 Å². The minimum Gasteiger partial charge on any atom is -0.496 e. The maximum Gasteiger partial charge on any atom is 0.239 e. The first-order chi connectivity index (χ1) is 9.08. The second kappa shape index (κ2) is 7.76. The number of carbonyl (C=O) groups excluding carboxylic acids is 1. The summed E-state index contributed by atoms with van der Waals surface area (Å²) >= 11 is 0. The highest BCUT2D eigenvalue weighted by molar-refractivity contribution is 5.81. The summed E-state index contributed by atoms with van der Waals surface area (Å²) in [4.78, 5) is 11.7. The van der Waals surface area contributed by atoms with Crippen LogP contribution in [0, 0.1) is 0 Å². The number of benzene rings is 1. The van der Waals surface area contributed by atoms with Crippen LogP contribution in [0.4, 0.5) is 0 Å². The lowest BCUT2D eigenvalue weighted by Gasteiger charge is -2.18. The molecule has 0 saturated heterocycles. The van der Waals surface area contributed by atoms with Crippen LogP contribution in [0.25, 0.3) is 0 Å². The third kappa shape index (κ3) is 4.89. The average molecular weight is 266 g/mol. The van der Waals surface area contributed by atoms with Gasteiger partial charge in [-0.1, -0.05) is 18.2 Å². The van der Waals surface area contributed by atoms with Gasteiger partial charge >= 0.3 is 0 Å². The molecule has 1 rings (SSSR count). The smallest absolute Gasteiger partial charge is 0.239 e. The highest BCUT2D eigenvalue weighted by Gasteiger charge is 2.16. The number of ether oxygens (including phenoxy) is 2. The molecule has 5 heteroatoms. The molecule has 2 atom stereocenters. The number of hydrogen-bond donors (Lipinski definition) is 2. The predicted molar refractivity (Wildman–Crippen MR) is 74.2 cm³/mol. The zero-order valence-electron chi connectivity index (χ0n) is 11.7. The minimum atomic E-state index is -0.634. The molecule has 1 amide bonds. The third-order valence-corrected chi connectivity index (χ3v) is 2.79. The molecule has 0 saturated carbocycles. The van der Waals surface area contributed by atoms with E-state index in [9.17, 15) is 4.79 Å². The molecule has 0 radical (unpaired) electrons. The zero-order chi connectivity index (χ0) is 14.3. The Morgan fingerprint density at radius 3 is 2.68 bits per heavy atom. The molecule has 0 aliphatic rings. The Morgan fingerprint density at radius 2 is 2.05 bits per heavy atom. The van der Waals surface area contributed by atoms with Crippen molar-refractivity contribution in [3.05, 3.63) is 29.8 Å². The van der Waals surface area contributed by atoms with Gasteiger partial charge in [-0.2, -0.15) is 0 Å². The van der Waals surface area contributed by atoms with Crippen molar-refractivity contribution >= 4 is 5.91 Å². The fraction of sp³-hybridized carbons (Fsp3) is 0.500. The van der Waals surface area contributed by atoms with Gasteiger partial charge in [0.25, 0.3) is 0 Å². The molecule has 0 fully saturated rings. The number of para-hydroxylation sites is 1. The van der Waals surface area contributed by atoms with Gasteiger partial charge in [0, 0.05) is 13.2 Å². The Kier molecular flexibility index (Phi) is 6.32. The number of amides is 1. The number of rotatable bonds is 7. The van der Waals surface area contributed by atoms with Crippen LogP contribution >= 0.6 is 0 Å². The Hall–Kier alpha value is -1.59. The van der Waals surface area contributed by atoms with E-state index in [2.05, 4.69) is 5.32 Å². The largest absolute Gasteiger partial charge is 0.496 e. The van der Waals surface area contributed by atoms with Gasteiger partial charge in [0.2, 0.25) is 5.91 Å². The van der Waals surface area contributed by atoms with Crippen molar-refractivity contribution in [2.45, 2.75) is 25.4 Å². The lowest BCUT2D eigenvalue weighted by Crippen LogP contribution is -2.47. The van der Waals surface area contributed by atoms with Crippen LogP contribution in [-0.4, -0.2) is 38.8 Å². The van der Waals surface area contributed by atoms with E-state index in [4.69, 9.17) is 15.2 Å². The van der Waals surface area contributed by atoms with E-state index in [-0.39, 0.29) is 18.6 Å². The summed E-state index contributed by atoms with van der Waals surface area (Å²) in [6, 6.07) is 7.09. The third-order valence-electron chi connectivity index (χ3n) is 2.79. The van der Waals surface area contributed by atoms with Gasteiger partial charge in [-0.3, -0.25) is 4.79 Å². The lowest BCUT2D eigenvalue weighted by molar-refractivity contribution is -0.124. The maximum absolute atomic E-state index is 11.7. The molecule has 2 unspecified atom stereocenters. The van der Waals surface area contributed by atoms with Crippen LogP contribution in [0.5, 0.6) is 5.75 Å². The quantitative estimate of drug-likeness (QED) is 0.762. The SMILES string of the molecule is COCC(N)C(=O)NC(C)Cc1ccccc1OC. The van der Waals surface area contributed by atoms with Crippen molar-refractivity contribution in [1.29, 1.82) is 0 Å². The molecule has 0 heterocycles. The molecule has 0 aliphatic heterocycles. The van der Waals surface area contributed by atoms with Crippen LogP contribution in [0.2, 0.25) is 0 Å².